The lowest BCUT2D eigenvalue weighted by atomic mass is 10.1. The van der Waals surface area contributed by atoms with E-state index in [4.69, 9.17) is 5.11 Å². The summed E-state index contributed by atoms with van der Waals surface area (Å²) in [6, 6.07) is 3.36. The average molecular weight is 226 g/mol. The Labute approximate surface area is 89.0 Å². The van der Waals surface area contributed by atoms with Gasteiger partial charge in [-0.25, -0.2) is 4.79 Å². The van der Waals surface area contributed by atoms with Gasteiger partial charge in [0, 0.05) is 20.4 Å². The van der Waals surface area contributed by atoms with E-state index in [0.29, 0.717) is 10.3 Å². The molecule has 5 heteroatoms. The van der Waals surface area contributed by atoms with E-state index in [1.165, 1.54) is 16.7 Å². The highest BCUT2D eigenvalue weighted by Gasteiger charge is 2.16. The average Bonchev–Trinajstić information content (AvgIpc) is 2.47. The Morgan fingerprint density at radius 2 is 2.14 bits per heavy atom. The highest BCUT2D eigenvalue weighted by atomic mass is 32.1. The zero-order valence-corrected chi connectivity index (χ0v) is 8.60. The molecule has 72 valence electrons. The lowest BCUT2D eigenvalue weighted by molar-refractivity contribution is 0.0695. The highest BCUT2D eigenvalue weighted by Crippen LogP contribution is 2.36. The molecule has 0 amide bonds. The number of thiophene rings is 1. The number of carboxylic acid groups (broad SMARTS) is 1. The maximum atomic E-state index is 10.9. The minimum atomic E-state index is -1.07. The summed E-state index contributed by atoms with van der Waals surface area (Å²) in [5, 5.41) is 20.3. The molecular weight excluding hydrogens is 220 g/mol. The van der Waals surface area contributed by atoms with Crippen molar-refractivity contribution < 1.29 is 15.0 Å². The van der Waals surface area contributed by atoms with Gasteiger partial charge in [-0.2, -0.15) is 0 Å². The molecule has 1 aromatic heterocycles. The van der Waals surface area contributed by atoms with Crippen LogP contribution in [0.15, 0.2) is 22.4 Å². The highest BCUT2D eigenvalue weighted by molar-refractivity contribution is 7.80. The molecule has 0 unspecified atom stereocenters. The van der Waals surface area contributed by atoms with Gasteiger partial charge >= 0.3 is 5.97 Å². The van der Waals surface area contributed by atoms with E-state index in [1.54, 1.807) is 12.1 Å². The summed E-state index contributed by atoms with van der Waals surface area (Å²) in [6.07, 6.45) is 0. The molecule has 3 nitrogen and oxygen atoms in total. The van der Waals surface area contributed by atoms with Crippen LogP contribution in [-0.2, 0) is 0 Å². The first-order valence-electron chi connectivity index (χ1n) is 3.76. The Kier molecular flexibility index (Phi) is 2.13. The monoisotopic (exact) mass is 226 g/mol. The van der Waals surface area contributed by atoms with Gasteiger partial charge in [-0.05, 0) is 12.1 Å². The zero-order chi connectivity index (χ0) is 10.3. The minimum Gasteiger partial charge on any atom is -0.506 e. The summed E-state index contributed by atoms with van der Waals surface area (Å²) in [5.41, 5.74) is 0.0598. The zero-order valence-electron chi connectivity index (χ0n) is 6.89. The molecule has 0 aliphatic rings. The summed E-state index contributed by atoms with van der Waals surface area (Å²) >= 11 is 5.36. The first-order chi connectivity index (χ1) is 6.61. The Hall–Kier alpha value is -1.20. The third-order valence-electron chi connectivity index (χ3n) is 1.91. The van der Waals surface area contributed by atoms with Crippen LogP contribution in [0.1, 0.15) is 10.4 Å². The number of fused-ring (bicyclic) bond motifs is 1. The maximum absolute atomic E-state index is 10.9. The molecule has 0 saturated carbocycles. The van der Waals surface area contributed by atoms with Gasteiger partial charge in [-0.15, -0.1) is 24.0 Å². The maximum Gasteiger partial charge on any atom is 0.337 e. The predicted molar refractivity (Wildman–Crippen MR) is 57.7 cm³/mol. The fraction of sp³-hybridized carbons (Fsp3) is 0. The van der Waals surface area contributed by atoms with Crippen LogP contribution in [0.2, 0.25) is 0 Å². The van der Waals surface area contributed by atoms with E-state index < -0.39 is 5.97 Å². The van der Waals surface area contributed by atoms with E-state index >= 15 is 0 Å². The second-order valence-electron chi connectivity index (χ2n) is 2.76. The third kappa shape index (κ3) is 1.25. The summed E-state index contributed by atoms with van der Waals surface area (Å²) in [4.78, 5) is 11.3. The van der Waals surface area contributed by atoms with Crippen LogP contribution in [-0.4, -0.2) is 16.2 Å². The number of hydrogen-bond acceptors (Lipinski definition) is 4. The Morgan fingerprint density at radius 1 is 1.43 bits per heavy atom. The first-order valence-corrected chi connectivity index (χ1v) is 5.09. The molecule has 2 rings (SSSR count). The molecule has 0 radical (unpaired) electrons. The van der Waals surface area contributed by atoms with Crippen molar-refractivity contribution in [3.05, 3.63) is 23.1 Å². The van der Waals surface area contributed by atoms with Crippen LogP contribution in [0.3, 0.4) is 0 Å². The predicted octanol–water partition coefficient (Wildman–Crippen LogP) is 2.59. The van der Waals surface area contributed by atoms with Crippen molar-refractivity contribution in [2.75, 3.05) is 0 Å². The van der Waals surface area contributed by atoms with Crippen molar-refractivity contribution >= 4 is 40.0 Å². The number of carbonyl (C=O) groups is 1. The van der Waals surface area contributed by atoms with Crippen molar-refractivity contribution in [2.24, 2.45) is 0 Å². The molecule has 0 fully saturated rings. The smallest absolute Gasteiger partial charge is 0.337 e. The van der Waals surface area contributed by atoms with Crippen LogP contribution >= 0.6 is 24.0 Å². The molecule has 0 atom stereocenters. The van der Waals surface area contributed by atoms with Gasteiger partial charge in [-0.3, -0.25) is 0 Å². The molecule has 1 aromatic carbocycles. The van der Waals surface area contributed by atoms with Crippen LogP contribution in [0.25, 0.3) is 10.1 Å². The number of rotatable bonds is 1. The fourth-order valence-corrected chi connectivity index (χ4v) is 2.43. The Bertz CT molecular complexity index is 516. The van der Waals surface area contributed by atoms with Gasteiger partial charge < -0.3 is 10.2 Å². The molecule has 0 aliphatic heterocycles. The molecule has 0 aliphatic carbocycles. The number of aromatic hydroxyl groups is 1. The van der Waals surface area contributed by atoms with Crippen molar-refractivity contribution in [3.8, 4) is 5.75 Å². The summed E-state index contributed by atoms with van der Waals surface area (Å²) in [7, 11) is 0. The number of hydrogen-bond donors (Lipinski definition) is 3. The van der Waals surface area contributed by atoms with E-state index in [0.717, 1.165) is 4.70 Å². The van der Waals surface area contributed by atoms with Crippen molar-refractivity contribution in [1.29, 1.82) is 0 Å². The summed E-state index contributed by atoms with van der Waals surface area (Å²) in [5.74, 6) is -1.08. The summed E-state index contributed by atoms with van der Waals surface area (Å²) in [6.45, 7) is 0. The van der Waals surface area contributed by atoms with Crippen LogP contribution in [0.4, 0.5) is 0 Å². The Morgan fingerprint density at radius 3 is 2.79 bits per heavy atom. The van der Waals surface area contributed by atoms with E-state index in [9.17, 15) is 9.90 Å². The lowest BCUT2D eigenvalue weighted by Gasteiger charge is -2.01. The molecule has 14 heavy (non-hydrogen) atoms. The number of carboxylic acids is 1. The topological polar surface area (TPSA) is 57.5 Å². The van der Waals surface area contributed by atoms with Gasteiger partial charge in [0.1, 0.15) is 5.75 Å². The van der Waals surface area contributed by atoms with Gasteiger partial charge in [0.05, 0.1) is 5.56 Å². The summed E-state index contributed by atoms with van der Waals surface area (Å²) < 4.78 is 0.748. The van der Waals surface area contributed by atoms with E-state index in [2.05, 4.69) is 12.6 Å². The second kappa shape index (κ2) is 3.18. The normalized spacial score (nSPS) is 10.6. The van der Waals surface area contributed by atoms with Crippen molar-refractivity contribution in [1.82, 2.24) is 0 Å². The second-order valence-corrected chi connectivity index (χ2v) is 4.15. The van der Waals surface area contributed by atoms with Crippen LogP contribution in [0, 0.1) is 0 Å². The number of aromatic carboxylic acids is 1. The number of thiol groups is 1. The van der Waals surface area contributed by atoms with Gasteiger partial charge in [0.2, 0.25) is 0 Å². The SMILES string of the molecule is O=C(O)c1c(S)ccc2scc(O)c12. The largest absolute Gasteiger partial charge is 0.506 e. The van der Waals surface area contributed by atoms with Crippen molar-refractivity contribution in [2.45, 2.75) is 4.90 Å². The molecule has 2 aromatic rings. The van der Waals surface area contributed by atoms with E-state index in [1.807, 2.05) is 0 Å². The Balaban J connectivity index is 2.94. The number of benzene rings is 1. The quantitative estimate of drug-likeness (QED) is 0.655. The standard InChI is InChI=1S/C9H6O3S2/c10-4-3-14-6-2-1-5(13)8(7(4)6)9(11)12/h1-3,10,13H,(H,11,12). The molecule has 2 N–H and O–H groups in total. The van der Waals surface area contributed by atoms with Crippen LogP contribution < -0.4 is 0 Å². The molecule has 0 saturated heterocycles. The minimum absolute atomic E-state index is 0.00157. The fourth-order valence-electron chi connectivity index (χ4n) is 1.32. The molecule has 0 bridgehead atoms. The molecule has 1 heterocycles. The van der Waals surface area contributed by atoms with Gasteiger partial charge in [0.25, 0.3) is 0 Å². The van der Waals surface area contributed by atoms with Crippen molar-refractivity contribution in [3.63, 3.8) is 0 Å². The van der Waals surface area contributed by atoms with Gasteiger partial charge in [-0.1, -0.05) is 0 Å². The molecular formula is C9H6O3S2. The molecule has 0 spiro atoms. The lowest BCUT2D eigenvalue weighted by Crippen LogP contribution is -1.98. The van der Waals surface area contributed by atoms with Crippen LogP contribution in [0.5, 0.6) is 5.75 Å². The van der Waals surface area contributed by atoms with E-state index in [-0.39, 0.29) is 11.3 Å². The van der Waals surface area contributed by atoms with Gasteiger partial charge in [0.15, 0.2) is 0 Å². The first kappa shape index (κ1) is 9.36. The third-order valence-corrected chi connectivity index (χ3v) is 3.22.